The Morgan fingerprint density at radius 1 is 1.38 bits per heavy atom. The molecule has 21 heavy (non-hydrogen) atoms. The van der Waals surface area contributed by atoms with E-state index in [0.29, 0.717) is 17.3 Å². The molecule has 0 saturated carbocycles. The fraction of sp³-hybridized carbons (Fsp3) is 0.615. The third kappa shape index (κ3) is 3.38. The fourth-order valence-electron chi connectivity index (χ4n) is 2.39. The first-order chi connectivity index (χ1) is 9.80. The van der Waals surface area contributed by atoms with Gasteiger partial charge in [0.2, 0.25) is 0 Å². The number of fused-ring (bicyclic) bond motifs is 1. The molecule has 0 aliphatic heterocycles. The van der Waals surface area contributed by atoms with Crippen molar-refractivity contribution in [1.29, 1.82) is 0 Å². The molecular weight excluding hydrogens is 308 g/mol. The average Bonchev–Trinajstić information content (AvgIpc) is 2.86. The molecule has 8 heteroatoms. The summed E-state index contributed by atoms with van der Waals surface area (Å²) in [5.74, 6) is 0.407. The van der Waals surface area contributed by atoms with Crippen LogP contribution in [0.3, 0.4) is 0 Å². The van der Waals surface area contributed by atoms with Gasteiger partial charge in [-0.3, -0.25) is 4.40 Å². The highest BCUT2D eigenvalue weighted by molar-refractivity contribution is 7.89. The van der Waals surface area contributed by atoms with Gasteiger partial charge in [0.25, 0.3) is 10.0 Å². The Hall–Kier alpha value is -1.12. The molecule has 0 saturated heterocycles. The lowest BCUT2D eigenvalue weighted by Gasteiger charge is -2.25. The molecule has 2 aromatic heterocycles. The van der Waals surface area contributed by atoms with Gasteiger partial charge in [0.05, 0.1) is 0 Å². The Morgan fingerprint density at radius 2 is 2.10 bits per heavy atom. The normalized spacial score (nSPS) is 13.0. The second kappa shape index (κ2) is 5.94. The first kappa shape index (κ1) is 16.3. The van der Waals surface area contributed by atoms with E-state index < -0.39 is 15.6 Å². The molecule has 2 rings (SSSR count). The van der Waals surface area contributed by atoms with Gasteiger partial charge >= 0.3 is 0 Å². The maximum Gasteiger partial charge on any atom is 0.260 e. The molecule has 2 aromatic rings. The SMILES string of the molecule is CCCC(C)(C)NS(=O)(=O)c1c(NCC)nc2sccn12. The van der Waals surface area contributed by atoms with Crippen molar-refractivity contribution in [3.8, 4) is 0 Å². The molecule has 2 N–H and O–H groups in total. The van der Waals surface area contributed by atoms with Crippen molar-refractivity contribution in [1.82, 2.24) is 14.1 Å². The van der Waals surface area contributed by atoms with E-state index in [1.165, 1.54) is 11.3 Å². The number of hydrogen-bond acceptors (Lipinski definition) is 5. The van der Waals surface area contributed by atoms with Crippen molar-refractivity contribution in [2.45, 2.75) is 51.1 Å². The predicted octanol–water partition coefficient (Wildman–Crippen LogP) is 2.68. The van der Waals surface area contributed by atoms with Crippen LogP contribution in [0, 0.1) is 0 Å². The van der Waals surface area contributed by atoms with Gasteiger partial charge in [0.1, 0.15) is 0 Å². The van der Waals surface area contributed by atoms with E-state index in [1.54, 1.807) is 10.6 Å². The quantitative estimate of drug-likeness (QED) is 0.818. The van der Waals surface area contributed by atoms with Crippen LogP contribution in [0.15, 0.2) is 16.6 Å². The number of sulfonamides is 1. The van der Waals surface area contributed by atoms with Gasteiger partial charge in [0.15, 0.2) is 15.8 Å². The molecule has 0 spiro atoms. The minimum atomic E-state index is -3.65. The third-order valence-corrected chi connectivity index (χ3v) is 5.58. The zero-order chi connectivity index (χ0) is 15.7. The van der Waals surface area contributed by atoms with E-state index in [0.717, 1.165) is 12.8 Å². The summed E-state index contributed by atoms with van der Waals surface area (Å²) in [4.78, 5) is 5.02. The Bertz CT molecular complexity index is 716. The molecule has 0 radical (unpaired) electrons. The molecular formula is C13H22N4O2S2. The van der Waals surface area contributed by atoms with Gasteiger partial charge in [-0.15, -0.1) is 11.3 Å². The Morgan fingerprint density at radius 3 is 2.71 bits per heavy atom. The average molecular weight is 330 g/mol. The van der Waals surface area contributed by atoms with Crippen molar-refractivity contribution >= 4 is 32.1 Å². The minimum absolute atomic E-state index is 0.185. The lowest BCUT2D eigenvalue weighted by Crippen LogP contribution is -2.43. The van der Waals surface area contributed by atoms with Crippen molar-refractivity contribution in [3.05, 3.63) is 11.6 Å². The molecule has 0 aliphatic carbocycles. The minimum Gasteiger partial charge on any atom is -0.368 e. The van der Waals surface area contributed by atoms with Gasteiger partial charge in [-0.05, 0) is 27.2 Å². The molecule has 0 aromatic carbocycles. The fourth-order valence-corrected chi connectivity index (χ4v) is 4.87. The molecule has 2 heterocycles. The van der Waals surface area contributed by atoms with Gasteiger partial charge in [0, 0.05) is 23.7 Å². The van der Waals surface area contributed by atoms with Crippen molar-refractivity contribution < 1.29 is 8.42 Å². The van der Waals surface area contributed by atoms with E-state index in [9.17, 15) is 8.42 Å². The first-order valence-corrected chi connectivity index (χ1v) is 9.40. The van der Waals surface area contributed by atoms with Crippen LogP contribution < -0.4 is 10.0 Å². The van der Waals surface area contributed by atoms with Gasteiger partial charge in [-0.1, -0.05) is 13.3 Å². The number of imidazole rings is 1. The maximum absolute atomic E-state index is 12.8. The van der Waals surface area contributed by atoms with Crippen molar-refractivity contribution in [2.24, 2.45) is 0 Å². The second-order valence-corrected chi connectivity index (χ2v) is 8.06. The van der Waals surface area contributed by atoms with Crippen LogP contribution in [0.25, 0.3) is 4.96 Å². The van der Waals surface area contributed by atoms with Crippen molar-refractivity contribution in [2.75, 3.05) is 11.9 Å². The van der Waals surface area contributed by atoms with E-state index in [4.69, 9.17) is 0 Å². The zero-order valence-electron chi connectivity index (χ0n) is 12.8. The van der Waals surface area contributed by atoms with Crippen molar-refractivity contribution in [3.63, 3.8) is 0 Å². The number of nitrogens with one attached hydrogen (secondary N) is 2. The van der Waals surface area contributed by atoms with Crippen LogP contribution in [0.4, 0.5) is 5.82 Å². The maximum atomic E-state index is 12.8. The van der Waals surface area contributed by atoms with Gasteiger partial charge in [-0.25, -0.2) is 18.1 Å². The van der Waals surface area contributed by atoms with Crippen LogP contribution in [0.5, 0.6) is 0 Å². The summed E-state index contributed by atoms with van der Waals surface area (Å²) >= 11 is 1.41. The van der Waals surface area contributed by atoms with Crippen LogP contribution in [0.2, 0.25) is 0 Å². The summed E-state index contributed by atoms with van der Waals surface area (Å²) in [5.41, 5.74) is -0.489. The summed E-state index contributed by atoms with van der Waals surface area (Å²) in [6.45, 7) is 8.36. The molecule has 6 nitrogen and oxygen atoms in total. The monoisotopic (exact) mass is 330 g/mol. The van der Waals surface area contributed by atoms with Crippen LogP contribution in [0.1, 0.15) is 40.5 Å². The number of thiazole rings is 1. The number of anilines is 1. The highest BCUT2D eigenvalue weighted by atomic mass is 32.2. The summed E-state index contributed by atoms with van der Waals surface area (Å²) in [5, 5.41) is 5.04. The van der Waals surface area contributed by atoms with E-state index in [-0.39, 0.29) is 5.03 Å². The first-order valence-electron chi connectivity index (χ1n) is 7.04. The molecule has 0 atom stereocenters. The third-order valence-electron chi connectivity index (χ3n) is 3.10. The highest BCUT2D eigenvalue weighted by Crippen LogP contribution is 2.27. The lowest BCUT2D eigenvalue weighted by atomic mass is 10.0. The second-order valence-electron chi connectivity index (χ2n) is 5.59. The Labute approximate surface area is 129 Å². The number of nitrogens with zero attached hydrogens (tertiary/aromatic N) is 2. The molecule has 0 aliphatic rings. The number of aromatic nitrogens is 2. The van der Waals surface area contributed by atoms with E-state index in [1.807, 2.05) is 33.1 Å². The topological polar surface area (TPSA) is 75.5 Å². The molecule has 0 fully saturated rings. The van der Waals surface area contributed by atoms with E-state index in [2.05, 4.69) is 15.0 Å². The van der Waals surface area contributed by atoms with Crippen LogP contribution >= 0.6 is 11.3 Å². The summed E-state index contributed by atoms with van der Waals surface area (Å²) in [7, 11) is -3.65. The molecule has 0 bridgehead atoms. The van der Waals surface area contributed by atoms with E-state index >= 15 is 0 Å². The summed E-state index contributed by atoms with van der Waals surface area (Å²) in [6, 6.07) is 0. The smallest absolute Gasteiger partial charge is 0.260 e. The van der Waals surface area contributed by atoms with Crippen LogP contribution in [-0.2, 0) is 10.0 Å². The summed E-state index contributed by atoms with van der Waals surface area (Å²) in [6.07, 6.45) is 3.42. The zero-order valence-corrected chi connectivity index (χ0v) is 14.4. The molecule has 0 unspecified atom stereocenters. The van der Waals surface area contributed by atoms with Gasteiger partial charge < -0.3 is 5.32 Å². The Balaban J connectivity index is 2.48. The molecule has 0 amide bonds. The standard InChI is InChI=1S/C13H22N4O2S2/c1-5-7-13(3,4)16-21(18,19)11-10(14-6-2)15-12-17(11)8-9-20-12/h8-9,14,16H,5-7H2,1-4H3. The predicted molar refractivity (Wildman–Crippen MR) is 86.5 cm³/mol. The number of rotatable bonds is 7. The van der Waals surface area contributed by atoms with Gasteiger partial charge in [-0.2, -0.15) is 0 Å². The van der Waals surface area contributed by atoms with Crippen LogP contribution in [-0.4, -0.2) is 29.9 Å². The number of hydrogen-bond donors (Lipinski definition) is 2. The lowest BCUT2D eigenvalue weighted by molar-refractivity contribution is 0.417. The Kier molecular flexibility index (Phi) is 4.60. The highest BCUT2D eigenvalue weighted by Gasteiger charge is 2.31. The largest absolute Gasteiger partial charge is 0.368 e. The molecule has 118 valence electrons. The summed E-state index contributed by atoms with van der Waals surface area (Å²) < 4.78 is 30.0.